The van der Waals surface area contributed by atoms with Crippen molar-refractivity contribution in [2.45, 2.75) is 20.8 Å². The molecule has 0 aromatic rings. The van der Waals surface area contributed by atoms with E-state index >= 15 is 0 Å². The SMILES string of the molecule is CCN(CC(=O)NC)CC(C)(C)CN. The summed E-state index contributed by atoms with van der Waals surface area (Å²) in [4.78, 5) is 13.3. The lowest BCUT2D eigenvalue weighted by molar-refractivity contribution is -0.122. The zero-order valence-corrected chi connectivity index (χ0v) is 9.76. The fourth-order valence-electron chi connectivity index (χ4n) is 1.23. The third-order valence-electron chi connectivity index (χ3n) is 2.30. The molecular formula is C10H23N3O. The van der Waals surface area contributed by atoms with Gasteiger partial charge in [-0.05, 0) is 18.5 Å². The van der Waals surface area contributed by atoms with Gasteiger partial charge in [0.1, 0.15) is 0 Å². The fraction of sp³-hybridized carbons (Fsp3) is 0.900. The minimum atomic E-state index is 0.0553. The van der Waals surface area contributed by atoms with Crippen LogP contribution in [0.15, 0.2) is 0 Å². The number of nitrogens with one attached hydrogen (secondary N) is 1. The Kier molecular flexibility index (Phi) is 5.72. The smallest absolute Gasteiger partial charge is 0.233 e. The molecule has 0 aromatic carbocycles. The second-order valence-corrected chi connectivity index (χ2v) is 4.34. The van der Waals surface area contributed by atoms with Crippen LogP contribution in [0, 0.1) is 5.41 Å². The average molecular weight is 201 g/mol. The Morgan fingerprint density at radius 1 is 1.50 bits per heavy atom. The van der Waals surface area contributed by atoms with Crippen molar-refractivity contribution >= 4 is 5.91 Å². The second kappa shape index (κ2) is 5.98. The Bertz CT molecular complexity index is 180. The molecule has 0 saturated heterocycles. The highest BCUT2D eigenvalue weighted by Gasteiger charge is 2.20. The van der Waals surface area contributed by atoms with E-state index in [0.717, 1.165) is 13.1 Å². The first-order valence-electron chi connectivity index (χ1n) is 5.08. The zero-order chi connectivity index (χ0) is 11.2. The summed E-state index contributed by atoms with van der Waals surface area (Å²) in [6, 6.07) is 0. The topological polar surface area (TPSA) is 58.4 Å². The van der Waals surface area contributed by atoms with E-state index in [-0.39, 0.29) is 11.3 Å². The third-order valence-corrected chi connectivity index (χ3v) is 2.30. The van der Waals surface area contributed by atoms with Crippen LogP contribution in [0.25, 0.3) is 0 Å². The van der Waals surface area contributed by atoms with Gasteiger partial charge in [0.25, 0.3) is 0 Å². The number of amides is 1. The first-order valence-corrected chi connectivity index (χ1v) is 5.08. The molecule has 0 saturated carbocycles. The van der Waals surface area contributed by atoms with Gasteiger partial charge in [-0.25, -0.2) is 0 Å². The van der Waals surface area contributed by atoms with Crippen molar-refractivity contribution < 1.29 is 4.79 Å². The average Bonchev–Trinajstić information content (AvgIpc) is 2.16. The van der Waals surface area contributed by atoms with Gasteiger partial charge >= 0.3 is 0 Å². The normalized spacial score (nSPS) is 11.9. The van der Waals surface area contributed by atoms with Crippen molar-refractivity contribution in [1.29, 1.82) is 0 Å². The van der Waals surface area contributed by atoms with Crippen molar-refractivity contribution in [1.82, 2.24) is 10.2 Å². The molecule has 0 fully saturated rings. The van der Waals surface area contributed by atoms with Gasteiger partial charge in [-0.15, -0.1) is 0 Å². The maximum absolute atomic E-state index is 11.2. The molecule has 0 atom stereocenters. The van der Waals surface area contributed by atoms with Gasteiger partial charge in [0.05, 0.1) is 6.54 Å². The number of carbonyl (C=O) groups is 1. The van der Waals surface area contributed by atoms with E-state index in [9.17, 15) is 4.79 Å². The Morgan fingerprint density at radius 2 is 2.07 bits per heavy atom. The van der Waals surface area contributed by atoms with E-state index in [0.29, 0.717) is 13.1 Å². The molecule has 0 aliphatic heterocycles. The summed E-state index contributed by atoms with van der Waals surface area (Å²) in [7, 11) is 1.66. The molecule has 0 aliphatic rings. The van der Waals surface area contributed by atoms with Crippen molar-refractivity contribution in [3.63, 3.8) is 0 Å². The molecule has 0 aliphatic carbocycles. The molecule has 3 N–H and O–H groups in total. The number of hydrogen-bond donors (Lipinski definition) is 2. The lowest BCUT2D eigenvalue weighted by Crippen LogP contribution is -2.43. The number of rotatable bonds is 6. The van der Waals surface area contributed by atoms with Crippen LogP contribution in [0.1, 0.15) is 20.8 Å². The highest BCUT2D eigenvalue weighted by atomic mass is 16.1. The van der Waals surface area contributed by atoms with Gasteiger partial charge in [0.2, 0.25) is 5.91 Å². The Hall–Kier alpha value is -0.610. The van der Waals surface area contributed by atoms with E-state index in [2.05, 4.69) is 31.0 Å². The molecule has 84 valence electrons. The lowest BCUT2D eigenvalue weighted by Gasteiger charge is -2.30. The minimum Gasteiger partial charge on any atom is -0.358 e. The summed E-state index contributed by atoms with van der Waals surface area (Å²) in [5.41, 5.74) is 5.72. The molecule has 0 unspecified atom stereocenters. The Balaban J connectivity index is 4.09. The molecule has 0 heterocycles. The second-order valence-electron chi connectivity index (χ2n) is 4.34. The number of hydrogen-bond acceptors (Lipinski definition) is 3. The Morgan fingerprint density at radius 3 is 2.43 bits per heavy atom. The fourth-order valence-corrected chi connectivity index (χ4v) is 1.23. The molecule has 0 aromatic heterocycles. The quantitative estimate of drug-likeness (QED) is 0.638. The molecule has 4 nitrogen and oxygen atoms in total. The van der Waals surface area contributed by atoms with Crippen LogP contribution in [-0.4, -0.2) is 44.0 Å². The van der Waals surface area contributed by atoms with Gasteiger partial charge in [-0.3, -0.25) is 9.69 Å². The third kappa shape index (κ3) is 5.19. The predicted octanol–water partition coefficient (Wildman–Crippen LogP) is 0.0392. The highest BCUT2D eigenvalue weighted by molar-refractivity contribution is 5.77. The molecule has 0 spiro atoms. The number of nitrogens with zero attached hydrogens (tertiary/aromatic N) is 1. The van der Waals surface area contributed by atoms with Crippen LogP contribution < -0.4 is 11.1 Å². The van der Waals surface area contributed by atoms with Crippen LogP contribution in [0.3, 0.4) is 0 Å². The van der Waals surface area contributed by atoms with E-state index in [1.165, 1.54) is 0 Å². The summed E-state index contributed by atoms with van der Waals surface area (Å²) in [5, 5.41) is 2.62. The van der Waals surface area contributed by atoms with Crippen LogP contribution in [0.4, 0.5) is 0 Å². The van der Waals surface area contributed by atoms with Gasteiger partial charge < -0.3 is 11.1 Å². The number of likely N-dealkylation sites (N-methyl/N-ethyl adjacent to an activating group) is 2. The van der Waals surface area contributed by atoms with Crippen LogP contribution >= 0.6 is 0 Å². The molecule has 4 heteroatoms. The van der Waals surface area contributed by atoms with Gasteiger partial charge in [-0.2, -0.15) is 0 Å². The molecule has 0 bridgehead atoms. The van der Waals surface area contributed by atoms with E-state index in [1.54, 1.807) is 7.05 Å². The van der Waals surface area contributed by atoms with Crippen LogP contribution in [-0.2, 0) is 4.79 Å². The lowest BCUT2D eigenvalue weighted by atomic mass is 9.93. The number of nitrogens with two attached hydrogens (primary N) is 1. The molecule has 14 heavy (non-hydrogen) atoms. The van der Waals surface area contributed by atoms with Crippen molar-refractivity contribution in [3.8, 4) is 0 Å². The predicted molar refractivity (Wildman–Crippen MR) is 59.0 cm³/mol. The summed E-state index contributed by atoms with van der Waals surface area (Å²) < 4.78 is 0. The molecule has 0 rings (SSSR count). The molecular weight excluding hydrogens is 178 g/mol. The zero-order valence-electron chi connectivity index (χ0n) is 9.76. The van der Waals surface area contributed by atoms with Gasteiger partial charge in [0, 0.05) is 13.6 Å². The van der Waals surface area contributed by atoms with Crippen molar-refractivity contribution in [3.05, 3.63) is 0 Å². The standard InChI is InChI=1S/C10H23N3O/c1-5-13(6-9(14)12-4)8-10(2,3)7-11/h5-8,11H2,1-4H3,(H,12,14). The number of carbonyl (C=O) groups excluding carboxylic acids is 1. The maximum atomic E-state index is 11.2. The minimum absolute atomic E-state index is 0.0553. The first-order chi connectivity index (χ1) is 6.45. The van der Waals surface area contributed by atoms with Gasteiger partial charge in [-0.1, -0.05) is 20.8 Å². The maximum Gasteiger partial charge on any atom is 0.233 e. The summed E-state index contributed by atoms with van der Waals surface area (Å²) >= 11 is 0. The van der Waals surface area contributed by atoms with Crippen LogP contribution in [0.2, 0.25) is 0 Å². The highest BCUT2D eigenvalue weighted by Crippen LogP contribution is 2.14. The van der Waals surface area contributed by atoms with Gasteiger partial charge in [0.15, 0.2) is 0 Å². The summed E-state index contributed by atoms with van der Waals surface area (Å²) in [6.45, 7) is 9.09. The summed E-state index contributed by atoms with van der Waals surface area (Å²) in [5.74, 6) is 0.0553. The van der Waals surface area contributed by atoms with Crippen LogP contribution in [0.5, 0.6) is 0 Å². The Labute approximate surface area is 86.8 Å². The monoisotopic (exact) mass is 201 g/mol. The summed E-state index contributed by atoms with van der Waals surface area (Å²) in [6.07, 6.45) is 0. The van der Waals surface area contributed by atoms with Crippen molar-refractivity contribution in [2.24, 2.45) is 11.1 Å². The van der Waals surface area contributed by atoms with E-state index < -0.39 is 0 Å². The first kappa shape index (κ1) is 13.4. The van der Waals surface area contributed by atoms with E-state index in [1.807, 2.05) is 0 Å². The largest absolute Gasteiger partial charge is 0.358 e. The molecule has 0 radical (unpaired) electrons. The van der Waals surface area contributed by atoms with E-state index in [4.69, 9.17) is 5.73 Å². The molecule has 1 amide bonds. The van der Waals surface area contributed by atoms with Crippen molar-refractivity contribution in [2.75, 3.05) is 33.2 Å².